The van der Waals surface area contributed by atoms with E-state index in [1.165, 1.54) is 6.92 Å². The van der Waals surface area contributed by atoms with Gasteiger partial charge in [-0.25, -0.2) is 0 Å². The van der Waals surface area contributed by atoms with Crippen LogP contribution in [0.5, 0.6) is 0 Å². The number of hydrogen-bond acceptors (Lipinski definition) is 6. The summed E-state index contributed by atoms with van der Waals surface area (Å²) in [5.41, 5.74) is 15.5. The molecule has 0 aromatic carbocycles. The highest BCUT2D eigenvalue weighted by Crippen LogP contribution is 1.99. The highest BCUT2D eigenvalue weighted by molar-refractivity contribution is 5.94. The molecule has 0 aromatic heterocycles. The quantitative estimate of drug-likeness (QED) is 0.238. The van der Waals surface area contributed by atoms with Gasteiger partial charge in [0.1, 0.15) is 12.1 Å². The second-order valence-electron chi connectivity index (χ2n) is 4.91. The summed E-state index contributed by atoms with van der Waals surface area (Å²) in [6.45, 7) is 1.21. The molecule has 130 valence electrons. The van der Waals surface area contributed by atoms with Gasteiger partial charge >= 0.3 is 5.97 Å². The van der Waals surface area contributed by atoms with Gasteiger partial charge in [0.25, 0.3) is 0 Å². The maximum Gasteiger partial charge on any atom is 0.325 e. The Morgan fingerprint density at radius 3 is 2.00 bits per heavy atom. The molecule has 0 unspecified atom stereocenters. The van der Waals surface area contributed by atoms with E-state index < -0.39 is 54.1 Å². The molecule has 0 aromatic rings. The molecule has 3 atom stereocenters. The van der Waals surface area contributed by atoms with Crippen molar-refractivity contribution in [3.63, 3.8) is 0 Å². The van der Waals surface area contributed by atoms with Gasteiger partial charge in [-0.1, -0.05) is 0 Å². The minimum atomic E-state index is -1.37. The van der Waals surface area contributed by atoms with Gasteiger partial charge in [-0.3, -0.25) is 24.0 Å². The summed E-state index contributed by atoms with van der Waals surface area (Å²) in [4.78, 5) is 56.1. The van der Waals surface area contributed by atoms with Crippen LogP contribution in [-0.4, -0.2) is 52.8 Å². The van der Waals surface area contributed by atoms with Gasteiger partial charge in [0.2, 0.25) is 23.6 Å². The van der Waals surface area contributed by atoms with Gasteiger partial charge in [-0.05, 0) is 13.3 Å². The van der Waals surface area contributed by atoms with Crippen LogP contribution >= 0.6 is 0 Å². The lowest BCUT2D eigenvalue weighted by Gasteiger charge is -2.20. The highest BCUT2D eigenvalue weighted by atomic mass is 16.4. The summed E-state index contributed by atoms with van der Waals surface area (Å²) in [6.07, 6.45) is -0.707. The Balaban J connectivity index is 4.80. The molecule has 23 heavy (non-hydrogen) atoms. The molecular formula is C12H21N5O6. The second-order valence-corrected chi connectivity index (χ2v) is 4.91. The first-order valence-electron chi connectivity index (χ1n) is 6.70. The average Bonchev–Trinajstić information content (AvgIpc) is 2.42. The summed E-state index contributed by atoms with van der Waals surface area (Å²) in [6, 6.07) is -3.72. The molecule has 0 aliphatic rings. The van der Waals surface area contributed by atoms with Crippen molar-refractivity contribution in [2.24, 2.45) is 17.2 Å². The lowest BCUT2D eigenvalue weighted by Crippen LogP contribution is -2.55. The first kappa shape index (κ1) is 20.3. The minimum Gasteiger partial charge on any atom is -0.480 e. The van der Waals surface area contributed by atoms with E-state index in [1.54, 1.807) is 0 Å². The maximum atomic E-state index is 11.9. The van der Waals surface area contributed by atoms with Crippen molar-refractivity contribution in [2.45, 2.75) is 44.3 Å². The van der Waals surface area contributed by atoms with E-state index in [2.05, 4.69) is 10.6 Å². The molecule has 0 bridgehead atoms. The third kappa shape index (κ3) is 8.36. The summed E-state index contributed by atoms with van der Waals surface area (Å²) in [5, 5.41) is 13.0. The average molecular weight is 331 g/mol. The lowest BCUT2D eigenvalue weighted by atomic mass is 10.1. The standard InChI is InChI=1S/C12H21N5O6/c1-5(12(22)23)16-11(21)7(4-9(15)19)17-10(20)6(13)2-3-8(14)18/h5-7H,2-4,13H2,1H3,(H2,14,18)(H2,15,19)(H,16,21)(H,17,20)(H,22,23)/t5-,6-,7-/m0/s1. The number of aliphatic carboxylic acids is 1. The van der Waals surface area contributed by atoms with Crippen molar-refractivity contribution in [3.05, 3.63) is 0 Å². The molecule has 0 heterocycles. The molecule has 0 fully saturated rings. The lowest BCUT2D eigenvalue weighted by molar-refractivity contribution is -0.141. The molecule has 9 N–H and O–H groups in total. The van der Waals surface area contributed by atoms with E-state index in [4.69, 9.17) is 22.3 Å². The summed E-state index contributed by atoms with van der Waals surface area (Å²) < 4.78 is 0. The summed E-state index contributed by atoms with van der Waals surface area (Å²) in [5.74, 6) is -4.50. The van der Waals surface area contributed by atoms with Crippen LogP contribution in [-0.2, 0) is 24.0 Å². The number of hydrogen-bond donors (Lipinski definition) is 6. The van der Waals surface area contributed by atoms with E-state index >= 15 is 0 Å². The number of carbonyl (C=O) groups excluding carboxylic acids is 4. The van der Waals surface area contributed by atoms with Crippen LogP contribution in [0, 0.1) is 0 Å². The smallest absolute Gasteiger partial charge is 0.325 e. The number of amides is 4. The van der Waals surface area contributed by atoms with Crippen molar-refractivity contribution in [2.75, 3.05) is 0 Å². The number of carboxylic acids is 1. The van der Waals surface area contributed by atoms with Crippen LogP contribution in [0.4, 0.5) is 0 Å². The zero-order valence-corrected chi connectivity index (χ0v) is 12.6. The normalized spacial score (nSPS) is 14.2. The van der Waals surface area contributed by atoms with Crippen LogP contribution < -0.4 is 27.8 Å². The first-order chi connectivity index (χ1) is 10.5. The summed E-state index contributed by atoms with van der Waals surface area (Å²) in [7, 11) is 0. The monoisotopic (exact) mass is 331 g/mol. The molecule has 0 aliphatic heterocycles. The topological polar surface area (TPSA) is 208 Å². The van der Waals surface area contributed by atoms with E-state index in [0.29, 0.717) is 0 Å². The third-order valence-electron chi connectivity index (χ3n) is 2.81. The molecule has 0 saturated heterocycles. The maximum absolute atomic E-state index is 11.9. The van der Waals surface area contributed by atoms with E-state index in [0.717, 1.165) is 0 Å². The molecule has 0 radical (unpaired) electrons. The van der Waals surface area contributed by atoms with Crippen LogP contribution in [0.2, 0.25) is 0 Å². The van der Waals surface area contributed by atoms with Crippen molar-refractivity contribution in [3.8, 4) is 0 Å². The molecule has 0 spiro atoms. The van der Waals surface area contributed by atoms with Crippen molar-refractivity contribution < 1.29 is 29.1 Å². The van der Waals surface area contributed by atoms with Gasteiger partial charge in [0.05, 0.1) is 12.5 Å². The molecular weight excluding hydrogens is 310 g/mol. The number of primary amides is 2. The Morgan fingerprint density at radius 2 is 1.57 bits per heavy atom. The Labute approximate surface area is 131 Å². The summed E-state index contributed by atoms with van der Waals surface area (Å²) >= 11 is 0. The molecule has 0 rings (SSSR count). The second kappa shape index (κ2) is 9.35. The van der Waals surface area contributed by atoms with Gasteiger partial charge in [0.15, 0.2) is 0 Å². The molecule has 0 saturated carbocycles. The third-order valence-corrected chi connectivity index (χ3v) is 2.81. The van der Waals surface area contributed by atoms with Gasteiger partial charge in [0, 0.05) is 6.42 Å². The predicted octanol–water partition coefficient (Wildman–Crippen LogP) is -3.47. The van der Waals surface area contributed by atoms with Crippen molar-refractivity contribution >= 4 is 29.6 Å². The van der Waals surface area contributed by atoms with Gasteiger partial charge in [-0.15, -0.1) is 0 Å². The minimum absolute atomic E-state index is 0.0440. The SMILES string of the molecule is C[C@H](NC(=O)[C@H](CC(N)=O)NC(=O)[C@@H](N)CCC(N)=O)C(=O)O. The fourth-order valence-electron chi connectivity index (χ4n) is 1.49. The Morgan fingerprint density at radius 1 is 1.00 bits per heavy atom. The zero-order chi connectivity index (χ0) is 18.2. The van der Waals surface area contributed by atoms with E-state index in [1.807, 2.05) is 0 Å². The van der Waals surface area contributed by atoms with Crippen LogP contribution in [0.15, 0.2) is 0 Å². The highest BCUT2D eigenvalue weighted by Gasteiger charge is 2.27. The molecule has 4 amide bonds. The van der Waals surface area contributed by atoms with Crippen LogP contribution in [0.1, 0.15) is 26.2 Å². The number of carbonyl (C=O) groups is 5. The fourth-order valence-corrected chi connectivity index (χ4v) is 1.49. The van der Waals surface area contributed by atoms with Gasteiger partial charge in [-0.2, -0.15) is 0 Å². The molecule has 0 aliphatic carbocycles. The zero-order valence-electron chi connectivity index (χ0n) is 12.6. The largest absolute Gasteiger partial charge is 0.480 e. The number of rotatable bonds is 10. The van der Waals surface area contributed by atoms with Crippen LogP contribution in [0.25, 0.3) is 0 Å². The number of carboxylic acid groups (broad SMARTS) is 1. The molecule has 11 heteroatoms. The van der Waals surface area contributed by atoms with E-state index in [9.17, 15) is 24.0 Å². The van der Waals surface area contributed by atoms with Gasteiger partial charge < -0.3 is 32.9 Å². The first-order valence-corrected chi connectivity index (χ1v) is 6.70. The van der Waals surface area contributed by atoms with Crippen molar-refractivity contribution in [1.29, 1.82) is 0 Å². The van der Waals surface area contributed by atoms with Crippen LogP contribution in [0.3, 0.4) is 0 Å². The number of nitrogens with two attached hydrogens (primary N) is 3. The Bertz CT molecular complexity index is 494. The Hall–Kier alpha value is -2.69. The fraction of sp³-hybridized carbons (Fsp3) is 0.583. The number of nitrogens with one attached hydrogen (secondary N) is 2. The predicted molar refractivity (Wildman–Crippen MR) is 77.4 cm³/mol. The Kier molecular flexibility index (Phi) is 8.26. The van der Waals surface area contributed by atoms with E-state index in [-0.39, 0.29) is 12.8 Å². The van der Waals surface area contributed by atoms with Crippen molar-refractivity contribution in [1.82, 2.24) is 10.6 Å². The molecule has 11 nitrogen and oxygen atoms in total.